The van der Waals surface area contributed by atoms with Gasteiger partial charge in [0.15, 0.2) is 0 Å². The standard InChI is InChI=1S/C15H15N3O2/c1-2-8-18-9-11-12(14(18)19)13(17-15(20)16-11)10-6-4-3-5-7-10/h2-7,13H,1,8-9H2,(H2,16,17,20)/t13-/m1/s1. The van der Waals surface area contributed by atoms with Gasteiger partial charge in [-0.15, -0.1) is 6.58 Å². The van der Waals surface area contributed by atoms with E-state index >= 15 is 0 Å². The Bertz CT molecular complexity index is 607. The Labute approximate surface area is 117 Å². The van der Waals surface area contributed by atoms with Crippen LogP contribution in [0.2, 0.25) is 0 Å². The van der Waals surface area contributed by atoms with Gasteiger partial charge in [-0.2, -0.15) is 0 Å². The number of carbonyl (C=O) groups excluding carboxylic acids is 2. The average molecular weight is 269 g/mol. The van der Waals surface area contributed by atoms with Crippen molar-refractivity contribution in [2.75, 3.05) is 13.1 Å². The van der Waals surface area contributed by atoms with E-state index in [0.717, 1.165) is 5.56 Å². The summed E-state index contributed by atoms with van der Waals surface area (Å²) < 4.78 is 0. The number of amides is 3. The first-order valence-corrected chi connectivity index (χ1v) is 6.46. The highest BCUT2D eigenvalue weighted by Crippen LogP contribution is 2.32. The summed E-state index contributed by atoms with van der Waals surface area (Å²) in [6.07, 6.45) is 1.68. The van der Waals surface area contributed by atoms with E-state index in [9.17, 15) is 9.59 Å². The van der Waals surface area contributed by atoms with Crippen LogP contribution < -0.4 is 10.6 Å². The monoisotopic (exact) mass is 269 g/mol. The number of benzene rings is 1. The molecule has 0 aliphatic carbocycles. The van der Waals surface area contributed by atoms with Crippen molar-refractivity contribution >= 4 is 11.9 Å². The molecule has 102 valence electrons. The Hall–Kier alpha value is -2.56. The number of carbonyl (C=O) groups is 2. The molecule has 1 aromatic carbocycles. The molecule has 5 nitrogen and oxygen atoms in total. The molecule has 1 atom stereocenters. The Morgan fingerprint density at radius 3 is 2.75 bits per heavy atom. The number of urea groups is 1. The van der Waals surface area contributed by atoms with Crippen molar-refractivity contribution in [2.24, 2.45) is 0 Å². The zero-order valence-corrected chi connectivity index (χ0v) is 10.9. The topological polar surface area (TPSA) is 61.4 Å². The van der Waals surface area contributed by atoms with Crippen LogP contribution in [0.5, 0.6) is 0 Å². The van der Waals surface area contributed by atoms with E-state index in [4.69, 9.17) is 0 Å². The van der Waals surface area contributed by atoms with Crippen molar-refractivity contribution in [3.63, 3.8) is 0 Å². The van der Waals surface area contributed by atoms with Gasteiger partial charge >= 0.3 is 6.03 Å². The number of hydrogen-bond donors (Lipinski definition) is 2. The minimum atomic E-state index is -0.387. The highest BCUT2D eigenvalue weighted by molar-refractivity contribution is 6.01. The fourth-order valence-corrected chi connectivity index (χ4v) is 2.63. The van der Waals surface area contributed by atoms with Gasteiger partial charge in [0.1, 0.15) is 0 Å². The lowest BCUT2D eigenvalue weighted by Crippen LogP contribution is -2.44. The zero-order valence-electron chi connectivity index (χ0n) is 10.9. The fourth-order valence-electron chi connectivity index (χ4n) is 2.63. The first-order chi connectivity index (χ1) is 9.70. The molecule has 2 heterocycles. The van der Waals surface area contributed by atoms with Crippen molar-refractivity contribution in [1.82, 2.24) is 15.5 Å². The molecule has 2 aliphatic heterocycles. The van der Waals surface area contributed by atoms with E-state index < -0.39 is 0 Å². The molecule has 3 rings (SSSR count). The van der Waals surface area contributed by atoms with Gasteiger partial charge in [0.25, 0.3) is 5.91 Å². The highest BCUT2D eigenvalue weighted by atomic mass is 16.2. The van der Waals surface area contributed by atoms with E-state index in [1.54, 1.807) is 11.0 Å². The lowest BCUT2D eigenvalue weighted by atomic mass is 9.96. The molecule has 3 amide bonds. The summed E-state index contributed by atoms with van der Waals surface area (Å²) in [7, 11) is 0. The predicted octanol–water partition coefficient (Wildman–Crippen LogP) is 1.32. The van der Waals surface area contributed by atoms with E-state index in [1.165, 1.54) is 0 Å². The van der Waals surface area contributed by atoms with Gasteiger partial charge < -0.3 is 15.5 Å². The predicted molar refractivity (Wildman–Crippen MR) is 74.7 cm³/mol. The quantitative estimate of drug-likeness (QED) is 0.813. The molecule has 5 heteroatoms. The molecule has 0 fully saturated rings. The molecular formula is C15H15N3O2. The Balaban J connectivity index is 1.99. The number of hydrogen-bond acceptors (Lipinski definition) is 2. The maximum atomic E-state index is 12.4. The van der Waals surface area contributed by atoms with Crippen molar-refractivity contribution in [3.05, 3.63) is 59.8 Å². The second kappa shape index (κ2) is 4.85. The SMILES string of the molecule is C=CCN1CC2=C(C1=O)[C@@H](c1ccccc1)NC(=O)N2. The lowest BCUT2D eigenvalue weighted by molar-refractivity contribution is -0.125. The molecule has 2 aliphatic rings. The van der Waals surface area contributed by atoms with Crippen LogP contribution in [-0.4, -0.2) is 29.9 Å². The first kappa shape index (κ1) is 12.5. The molecule has 0 unspecified atom stereocenters. The molecule has 0 spiro atoms. The fraction of sp³-hybridized carbons (Fsp3) is 0.200. The van der Waals surface area contributed by atoms with Crippen LogP contribution in [-0.2, 0) is 4.79 Å². The van der Waals surface area contributed by atoms with Crippen LogP contribution in [0.4, 0.5) is 4.79 Å². The maximum absolute atomic E-state index is 12.4. The second-order valence-corrected chi connectivity index (χ2v) is 4.81. The third-order valence-electron chi connectivity index (χ3n) is 3.50. The van der Waals surface area contributed by atoms with Crippen LogP contribution in [0.25, 0.3) is 0 Å². The lowest BCUT2D eigenvalue weighted by Gasteiger charge is -2.25. The largest absolute Gasteiger partial charge is 0.329 e. The van der Waals surface area contributed by atoms with Crippen molar-refractivity contribution in [3.8, 4) is 0 Å². The van der Waals surface area contributed by atoms with E-state index in [-0.39, 0.29) is 18.0 Å². The molecule has 1 aromatic rings. The van der Waals surface area contributed by atoms with Crippen LogP contribution in [0.1, 0.15) is 11.6 Å². The molecule has 2 N–H and O–H groups in total. The summed E-state index contributed by atoms with van der Waals surface area (Å²) >= 11 is 0. The third-order valence-corrected chi connectivity index (χ3v) is 3.50. The number of nitrogens with one attached hydrogen (secondary N) is 2. The van der Waals surface area contributed by atoms with Gasteiger partial charge in [0.05, 0.1) is 23.9 Å². The zero-order chi connectivity index (χ0) is 14.1. The van der Waals surface area contributed by atoms with Gasteiger partial charge in [0.2, 0.25) is 0 Å². The minimum Gasteiger partial charge on any atom is -0.329 e. The summed E-state index contributed by atoms with van der Waals surface area (Å²) in [5, 5.41) is 5.55. The smallest absolute Gasteiger partial charge is 0.319 e. The molecule has 0 radical (unpaired) electrons. The minimum absolute atomic E-state index is 0.0544. The van der Waals surface area contributed by atoms with Crippen molar-refractivity contribution < 1.29 is 9.59 Å². The van der Waals surface area contributed by atoms with Gasteiger partial charge in [-0.05, 0) is 5.56 Å². The third kappa shape index (κ3) is 1.97. The Morgan fingerprint density at radius 1 is 1.30 bits per heavy atom. The van der Waals surface area contributed by atoms with Crippen LogP contribution in [0, 0.1) is 0 Å². The molecule has 0 bridgehead atoms. The summed E-state index contributed by atoms with van der Waals surface area (Å²) in [6, 6.07) is 8.85. The van der Waals surface area contributed by atoms with Crippen LogP contribution in [0.15, 0.2) is 54.3 Å². The highest BCUT2D eigenvalue weighted by Gasteiger charge is 2.39. The summed E-state index contributed by atoms with van der Waals surface area (Å²) in [6.45, 7) is 4.56. The van der Waals surface area contributed by atoms with Gasteiger partial charge in [0, 0.05) is 6.54 Å². The Morgan fingerprint density at radius 2 is 2.05 bits per heavy atom. The van der Waals surface area contributed by atoms with Crippen LogP contribution in [0.3, 0.4) is 0 Å². The van der Waals surface area contributed by atoms with Gasteiger partial charge in [-0.25, -0.2) is 4.79 Å². The van der Waals surface area contributed by atoms with E-state index in [0.29, 0.717) is 24.4 Å². The first-order valence-electron chi connectivity index (χ1n) is 6.46. The molecule has 0 aromatic heterocycles. The van der Waals surface area contributed by atoms with Gasteiger partial charge in [-0.3, -0.25) is 4.79 Å². The van der Waals surface area contributed by atoms with Crippen molar-refractivity contribution in [2.45, 2.75) is 6.04 Å². The summed E-state index contributed by atoms with van der Waals surface area (Å²) in [5.41, 5.74) is 2.22. The second-order valence-electron chi connectivity index (χ2n) is 4.81. The number of rotatable bonds is 3. The summed E-state index contributed by atoms with van der Waals surface area (Å²) in [4.78, 5) is 25.9. The van der Waals surface area contributed by atoms with E-state index in [1.807, 2.05) is 30.3 Å². The van der Waals surface area contributed by atoms with Crippen molar-refractivity contribution in [1.29, 1.82) is 0 Å². The number of nitrogens with zero attached hydrogens (tertiary/aromatic N) is 1. The molecule has 0 saturated heterocycles. The normalized spacial score (nSPS) is 21.4. The average Bonchev–Trinajstić information content (AvgIpc) is 2.76. The molecule has 0 saturated carbocycles. The Kier molecular flexibility index (Phi) is 3.02. The van der Waals surface area contributed by atoms with Crippen LogP contribution >= 0.6 is 0 Å². The van der Waals surface area contributed by atoms with E-state index in [2.05, 4.69) is 17.2 Å². The summed E-state index contributed by atoms with van der Waals surface area (Å²) in [5.74, 6) is -0.0544. The van der Waals surface area contributed by atoms with Gasteiger partial charge in [-0.1, -0.05) is 36.4 Å². The molecule has 20 heavy (non-hydrogen) atoms. The maximum Gasteiger partial charge on any atom is 0.319 e. The molecular weight excluding hydrogens is 254 g/mol.